The molecule has 0 bridgehead atoms. The quantitative estimate of drug-likeness (QED) is 0.770. The van der Waals surface area contributed by atoms with Crippen molar-refractivity contribution in [3.8, 4) is 10.6 Å². The molecule has 0 saturated heterocycles. The van der Waals surface area contributed by atoms with Crippen molar-refractivity contribution in [1.82, 2.24) is 15.3 Å². The molecule has 1 aliphatic rings. The Morgan fingerprint density at radius 2 is 2.19 bits per heavy atom. The molecule has 1 N–H and O–H groups in total. The number of pyridine rings is 1. The minimum Gasteiger partial charge on any atom is -0.455 e. The lowest BCUT2D eigenvalue weighted by atomic mass is 9.78. The Labute approximate surface area is 163 Å². The van der Waals surface area contributed by atoms with Crippen molar-refractivity contribution in [1.29, 1.82) is 0 Å². The molecule has 0 radical (unpaired) electrons. The molecule has 6 nitrogen and oxygen atoms in total. The zero-order valence-corrected chi connectivity index (χ0v) is 16.5. The summed E-state index contributed by atoms with van der Waals surface area (Å²) in [6.45, 7) is 4.15. The summed E-state index contributed by atoms with van der Waals surface area (Å²) in [5, 5.41) is 5.64. The van der Waals surface area contributed by atoms with Gasteiger partial charge in [-0.25, -0.2) is 4.98 Å². The van der Waals surface area contributed by atoms with Gasteiger partial charge in [-0.2, -0.15) is 0 Å². The van der Waals surface area contributed by atoms with Crippen molar-refractivity contribution in [3.05, 3.63) is 35.6 Å². The van der Waals surface area contributed by atoms with E-state index >= 15 is 0 Å². The Hall–Kier alpha value is -2.28. The molecule has 0 aliphatic heterocycles. The van der Waals surface area contributed by atoms with Gasteiger partial charge in [-0.3, -0.25) is 14.6 Å². The largest absolute Gasteiger partial charge is 0.455 e. The topological polar surface area (TPSA) is 81.2 Å². The fourth-order valence-corrected chi connectivity index (χ4v) is 4.20. The summed E-state index contributed by atoms with van der Waals surface area (Å²) >= 11 is 1.45. The van der Waals surface area contributed by atoms with Crippen LogP contribution < -0.4 is 5.32 Å². The average Bonchev–Trinajstić information content (AvgIpc) is 3.13. The van der Waals surface area contributed by atoms with Crippen molar-refractivity contribution in [2.75, 3.05) is 6.61 Å². The third-order valence-electron chi connectivity index (χ3n) is 5.20. The van der Waals surface area contributed by atoms with Crippen LogP contribution in [0.2, 0.25) is 0 Å². The molecular formula is C20H25N3O3S. The van der Waals surface area contributed by atoms with Gasteiger partial charge in [0.15, 0.2) is 6.61 Å². The van der Waals surface area contributed by atoms with E-state index in [9.17, 15) is 9.59 Å². The predicted molar refractivity (Wildman–Crippen MR) is 104 cm³/mol. The maximum Gasteiger partial charge on any atom is 0.312 e. The Kier molecular flexibility index (Phi) is 6.55. The first-order chi connectivity index (χ1) is 13.0. The van der Waals surface area contributed by atoms with Crippen LogP contribution >= 0.6 is 11.3 Å². The standard InChI is InChI=1S/C20H25N3O3S/c1-13-5-3-7-17(14(13)2)23-18(24)11-26-19(25)9-16-12-27-20(22-16)15-6-4-8-21-10-15/h4,6,8,10,12-14,17H,3,5,7,9,11H2,1-2H3,(H,23,24)/t13-,14+,17+/m0/s1. The summed E-state index contributed by atoms with van der Waals surface area (Å²) in [5.74, 6) is 0.367. The second kappa shape index (κ2) is 9.08. The highest BCUT2D eigenvalue weighted by molar-refractivity contribution is 7.13. The highest BCUT2D eigenvalue weighted by Gasteiger charge is 2.28. The second-order valence-corrected chi connectivity index (χ2v) is 8.02. The Morgan fingerprint density at radius 3 is 2.96 bits per heavy atom. The Bertz CT molecular complexity index is 778. The normalized spacial score (nSPS) is 22.2. The lowest BCUT2D eigenvalue weighted by Crippen LogP contribution is -2.45. The molecule has 2 aromatic heterocycles. The van der Waals surface area contributed by atoms with E-state index in [4.69, 9.17) is 4.74 Å². The molecule has 3 atom stereocenters. The first-order valence-corrected chi connectivity index (χ1v) is 10.2. The first-order valence-electron chi connectivity index (χ1n) is 9.32. The number of esters is 1. The van der Waals surface area contributed by atoms with Gasteiger partial charge in [0.25, 0.3) is 5.91 Å². The average molecular weight is 388 g/mol. The number of thiazole rings is 1. The van der Waals surface area contributed by atoms with E-state index in [0.717, 1.165) is 23.4 Å². The highest BCUT2D eigenvalue weighted by Crippen LogP contribution is 2.29. The summed E-state index contributed by atoms with van der Waals surface area (Å²) in [6, 6.07) is 3.93. The minimum absolute atomic E-state index is 0.0565. The summed E-state index contributed by atoms with van der Waals surface area (Å²) in [4.78, 5) is 32.6. The van der Waals surface area contributed by atoms with Crippen molar-refractivity contribution >= 4 is 23.2 Å². The molecule has 7 heteroatoms. The number of ether oxygens (including phenoxy) is 1. The smallest absolute Gasteiger partial charge is 0.312 e. The van der Waals surface area contributed by atoms with E-state index in [2.05, 4.69) is 29.1 Å². The molecule has 0 spiro atoms. The maximum absolute atomic E-state index is 12.1. The zero-order valence-electron chi connectivity index (χ0n) is 15.7. The molecule has 1 saturated carbocycles. The predicted octanol–water partition coefficient (Wildman–Crippen LogP) is 3.23. The molecular weight excluding hydrogens is 362 g/mol. The van der Waals surface area contributed by atoms with Crippen LogP contribution in [0.15, 0.2) is 29.9 Å². The van der Waals surface area contributed by atoms with Crippen LogP contribution in [0.3, 0.4) is 0 Å². The van der Waals surface area contributed by atoms with E-state index in [0.29, 0.717) is 17.5 Å². The van der Waals surface area contributed by atoms with Crippen molar-refractivity contribution in [2.45, 2.75) is 45.6 Å². The highest BCUT2D eigenvalue weighted by atomic mass is 32.1. The van der Waals surface area contributed by atoms with Crippen LogP contribution in [-0.4, -0.2) is 34.5 Å². The summed E-state index contributed by atoms with van der Waals surface area (Å²) in [5.41, 5.74) is 1.55. The van der Waals surface area contributed by atoms with Gasteiger partial charge in [0.05, 0.1) is 12.1 Å². The fraction of sp³-hybridized carbons (Fsp3) is 0.500. The van der Waals surface area contributed by atoms with Crippen molar-refractivity contribution < 1.29 is 14.3 Å². The van der Waals surface area contributed by atoms with E-state index < -0.39 is 5.97 Å². The lowest BCUT2D eigenvalue weighted by molar-refractivity contribution is -0.148. The van der Waals surface area contributed by atoms with Crippen molar-refractivity contribution in [3.63, 3.8) is 0 Å². The third kappa shape index (κ3) is 5.35. The molecule has 1 amide bonds. The lowest BCUT2D eigenvalue weighted by Gasteiger charge is -2.34. The zero-order chi connectivity index (χ0) is 19.2. The molecule has 3 rings (SSSR count). The van der Waals surface area contributed by atoms with Gasteiger partial charge >= 0.3 is 5.97 Å². The van der Waals surface area contributed by atoms with Gasteiger partial charge in [-0.15, -0.1) is 11.3 Å². The summed E-state index contributed by atoms with van der Waals surface area (Å²) in [6.07, 6.45) is 6.81. The molecule has 2 heterocycles. The molecule has 0 aromatic carbocycles. The van der Waals surface area contributed by atoms with Crippen LogP contribution in [0.4, 0.5) is 0 Å². The van der Waals surface area contributed by atoms with E-state index in [1.54, 1.807) is 12.4 Å². The van der Waals surface area contributed by atoms with E-state index in [1.807, 2.05) is 17.5 Å². The maximum atomic E-state index is 12.1. The van der Waals surface area contributed by atoms with Gasteiger partial charge in [0.1, 0.15) is 5.01 Å². The van der Waals surface area contributed by atoms with Gasteiger partial charge in [-0.05, 0) is 30.4 Å². The number of rotatable bonds is 6. The van der Waals surface area contributed by atoms with Crippen LogP contribution in [0.25, 0.3) is 10.6 Å². The number of hydrogen-bond acceptors (Lipinski definition) is 6. The van der Waals surface area contributed by atoms with E-state index in [-0.39, 0.29) is 25.0 Å². The van der Waals surface area contributed by atoms with Crippen LogP contribution in [-0.2, 0) is 20.7 Å². The number of hydrogen-bond donors (Lipinski definition) is 1. The van der Waals surface area contributed by atoms with Crippen molar-refractivity contribution in [2.24, 2.45) is 11.8 Å². The molecule has 0 unspecified atom stereocenters. The second-order valence-electron chi connectivity index (χ2n) is 7.16. The summed E-state index contributed by atoms with van der Waals surface area (Å²) < 4.78 is 5.13. The number of carbonyl (C=O) groups excluding carboxylic acids is 2. The molecule has 144 valence electrons. The number of nitrogens with zero attached hydrogens (tertiary/aromatic N) is 2. The fourth-order valence-electron chi connectivity index (χ4n) is 3.39. The summed E-state index contributed by atoms with van der Waals surface area (Å²) in [7, 11) is 0. The number of aromatic nitrogens is 2. The first kappa shape index (κ1) is 19.5. The van der Waals surface area contributed by atoms with Crippen LogP contribution in [0, 0.1) is 11.8 Å². The van der Waals surface area contributed by atoms with Crippen LogP contribution in [0.1, 0.15) is 38.8 Å². The number of nitrogens with one attached hydrogen (secondary N) is 1. The molecule has 27 heavy (non-hydrogen) atoms. The van der Waals surface area contributed by atoms with Crippen LogP contribution in [0.5, 0.6) is 0 Å². The third-order valence-corrected chi connectivity index (χ3v) is 6.14. The van der Waals surface area contributed by atoms with Gasteiger partial charge < -0.3 is 10.1 Å². The SMILES string of the molecule is C[C@@H]1[C@@H](C)CCC[C@H]1NC(=O)COC(=O)Cc1csc(-c2cccnc2)n1. The molecule has 1 aliphatic carbocycles. The van der Waals surface area contributed by atoms with Gasteiger partial charge in [-0.1, -0.05) is 26.7 Å². The number of carbonyl (C=O) groups is 2. The Morgan fingerprint density at radius 1 is 1.33 bits per heavy atom. The molecule has 2 aromatic rings. The van der Waals surface area contributed by atoms with Gasteiger partial charge in [0.2, 0.25) is 0 Å². The monoisotopic (exact) mass is 387 g/mol. The Balaban J connectivity index is 1.44. The minimum atomic E-state index is -0.446. The number of amides is 1. The van der Waals surface area contributed by atoms with E-state index in [1.165, 1.54) is 17.8 Å². The molecule has 1 fully saturated rings. The van der Waals surface area contributed by atoms with Gasteiger partial charge in [0, 0.05) is 29.4 Å².